The highest BCUT2D eigenvalue weighted by molar-refractivity contribution is 6.31. The van der Waals surface area contributed by atoms with Gasteiger partial charge in [-0.3, -0.25) is 10.1 Å². The van der Waals surface area contributed by atoms with E-state index in [9.17, 15) is 10.1 Å². The fourth-order valence-corrected chi connectivity index (χ4v) is 2.09. The first-order valence-corrected chi connectivity index (χ1v) is 6.63. The Morgan fingerprint density at radius 1 is 1.20 bits per heavy atom. The zero-order valence-corrected chi connectivity index (χ0v) is 11.8. The van der Waals surface area contributed by atoms with Crippen LogP contribution in [-0.4, -0.2) is 4.92 Å². The van der Waals surface area contributed by atoms with E-state index in [0.29, 0.717) is 5.02 Å². The summed E-state index contributed by atoms with van der Waals surface area (Å²) in [4.78, 5) is 10.2. The normalized spacial score (nSPS) is 10.3. The lowest BCUT2D eigenvalue weighted by molar-refractivity contribution is -0.384. The maximum atomic E-state index is 10.6. The molecular weight excluding hydrogens is 278 g/mol. The van der Waals surface area contributed by atoms with Gasteiger partial charge in [0.2, 0.25) is 0 Å². The number of para-hydroxylation sites is 1. The van der Waals surface area contributed by atoms with Gasteiger partial charge in [-0.15, -0.1) is 0 Å². The van der Waals surface area contributed by atoms with Crippen LogP contribution in [0.3, 0.4) is 0 Å². The molecule has 0 heterocycles. The zero-order valence-electron chi connectivity index (χ0n) is 11.0. The number of ether oxygens (including phenoxy) is 1. The quantitative estimate of drug-likeness (QED) is 0.606. The monoisotopic (exact) mass is 291 g/mol. The molecule has 2 aromatic rings. The van der Waals surface area contributed by atoms with Crippen LogP contribution < -0.4 is 4.74 Å². The smallest absolute Gasteiger partial charge is 0.270 e. The van der Waals surface area contributed by atoms with Crippen LogP contribution in [0.15, 0.2) is 42.5 Å². The van der Waals surface area contributed by atoms with Crippen molar-refractivity contribution < 1.29 is 9.66 Å². The molecule has 2 aromatic carbocycles. The number of aryl methyl sites for hydroxylation is 1. The SMILES string of the molecule is CCc1ccccc1OCc1ccc([N+](=O)[O-])cc1Cl. The maximum absolute atomic E-state index is 10.6. The first kappa shape index (κ1) is 14.3. The van der Waals surface area contributed by atoms with E-state index >= 15 is 0 Å². The second-order valence-corrected chi connectivity index (χ2v) is 4.69. The Morgan fingerprint density at radius 3 is 2.60 bits per heavy atom. The van der Waals surface area contributed by atoms with Crippen molar-refractivity contribution in [2.45, 2.75) is 20.0 Å². The molecule has 0 saturated heterocycles. The van der Waals surface area contributed by atoms with Crippen LogP contribution in [0.1, 0.15) is 18.1 Å². The van der Waals surface area contributed by atoms with Crippen LogP contribution in [0.5, 0.6) is 5.75 Å². The summed E-state index contributed by atoms with van der Waals surface area (Å²) >= 11 is 6.03. The van der Waals surface area contributed by atoms with Gasteiger partial charge in [-0.2, -0.15) is 0 Å². The molecule has 0 spiro atoms. The van der Waals surface area contributed by atoms with Crippen molar-refractivity contribution in [1.82, 2.24) is 0 Å². The number of nitro benzene ring substituents is 1. The molecule has 0 saturated carbocycles. The molecule has 4 nitrogen and oxygen atoms in total. The van der Waals surface area contributed by atoms with Crippen LogP contribution in [-0.2, 0) is 13.0 Å². The van der Waals surface area contributed by atoms with Crippen LogP contribution >= 0.6 is 11.6 Å². The van der Waals surface area contributed by atoms with Gasteiger partial charge in [0.15, 0.2) is 0 Å². The van der Waals surface area contributed by atoms with E-state index in [0.717, 1.165) is 23.3 Å². The average molecular weight is 292 g/mol. The van der Waals surface area contributed by atoms with Crippen molar-refractivity contribution in [3.8, 4) is 5.75 Å². The summed E-state index contributed by atoms with van der Waals surface area (Å²) in [6.45, 7) is 2.34. The Morgan fingerprint density at radius 2 is 1.95 bits per heavy atom. The molecule has 0 unspecified atom stereocenters. The molecule has 0 atom stereocenters. The number of nitrogens with zero attached hydrogens (tertiary/aromatic N) is 1. The first-order chi connectivity index (χ1) is 9.61. The van der Waals surface area contributed by atoms with E-state index in [1.54, 1.807) is 6.07 Å². The zero-order chi connectivity index (χ0) is 14.5. The number of halogens is 1. The van der Waals surface area contributed by atoms with Gasteiger partial charge >= 0.3 is 0 Å². The fourth-order valence-electron chi connectivity index (χ4n) is 1.86. The van der Waals surface area contributed by atoms with Crippen LogP contribution in [0.25, 0.3) is 0 Å². The Bertz CT molecular complexity index is 628. The van der Waals surface area contributed by atoms with E-state index in [4.69, 9.17) is 16.3 Å². The Hall–Kier alpha value is -2.07. The molecule has 5 heteroatoms. The molecule has 0 radical (unpaired) electrons. The largest absolute Gasteiger partial charge is 0.489 e. The molecular formula is C15H14ClNO3. The maximum Gasteiger partial charge on any atom is 0.270 e. The number of nitro groups is 1. The number of rotatable bonds is 5. The molecule has 0 fully saturated rings. The van der Waals surface area contributed by atoms with Crippen LogP contribution in [0.4, 0.5) is 5.69 Å². The summed E-state index contributed by atoms with van der Waals surface area (Å²) in [5.74, 6) is 0.810. The van der Waals surface area contributed by atoms with E-state index in [1.807, 2.05) is 24.3 Å². The van der Waals surface area contributed by atoms with Crippen LogP contribution in [0.2, 0.25) is 5.02 Å². The third kappa shape index (κ3) is 3.27. The fraction of sp³-hybridized carbons (Fsp3) is 0.200. The lowest BCUT2D eigenvalue weighted by Gasteiger charge is -2.11. The lowest BCUT2D eigenvalue weighted by atomic mass is 10.1. The van der Waals surface area contributed by atoms with Crippen molar-refractivity contribution in [1.29, 1.82) is 0 Å². The topological polar surface area (TPSA) is 52.4 Å². The minimum absolute atomic E-state index is 0.0206. The van der Waals surface area contributed by atoms with E-state index in [2.05, 4.69) is 6.92 Å². The molecule has 2 rings (SSSR count). The Labute approximate surface area is 122 Å². The van der Waals surface area contributed by atoms with Crippen molar-refractivity contribution in [3.63, 3.8) is 0 Å². The molecule has 0 bridgehead atoms. The summed E-state index contributed by atoms with van der Waals surface area (Å²) in [6.07, 6.45) is 0.879. The number of hydrogen-bond acceptors (Lipinski definition) is 3. The average Bonchev–Trinajstić information content (AvgIpc) is 2.46. The summed E-state index contributed by atoms with van der Waals surface area (Å²) in [7, 11) is 0. The third-order valence-corrected chi connectivity index (χ3v) is 3.34. The van der Waals surface area contributed by atoms with Crippen LogP contribution in [0, 0.1) is 10.1 Å². The Balaban J connectivity index is 2.13. The van der Waals surface area contributed by atoms with Gasteiger partial charge in [-0.25, -0.2) is 0 Å². The number of non-ortho nitro benzene ring substituents is 1. The molecule has 0 N–H and O–H groups in total. The molecule has 0 amide bonds. The molecule has 0 aliphatic rings. The summed E-state index contributed by atoms with van der Waals surface area (Å²) in [6, 6.07) is 12.2. The van der Waals surface area contributed by atoms with E-state index in [1.165, 1.54) is 12.1 Å². The highest BCUT2D eigenvalue weighted by Crippen LogP contribution is 2.25. The molecule has 104 valence electrons. The van der Waals surface area contributed by atoms with Crippen molar-refractivity contribution in [2.24, 2.45) is 0 Å². The van der Waals surface area contributed by atoms with Crippen molar-refractivity contribution in [2.75, 3.05) is 0 Å². The predicted molar refractivity (Wildman–Crippen MR) is 78.3 cm³/mol. The van der Waals surface area contributed by atoms with Crippen molar-refractivity contribution in [3.05, 3.63) is 68.7 Å². The molecule has 0 aromatic heterocycles. The van der Waals surface area contributed by atoms with Gasteiger partial charge in [0.25, 0.3) is 5.69 Å². The van der Waals surface area contributed by atoms with Gasteiger partial charge in [0.05, 0.1) is 9.95 Å². The van der Waals surface area contributed by atoms with Crippen molar-refractivity contribution >= 4 is 17.3 Å². The molecule has 0 aliphatic heterocycles. The Kier molecular flexibility index (Phi) is 4.58. The highest BCUT2D eigenvalue weighted by atomic mass is 35.5. The van der Waals surface area contributed by atoms with Gasteiger partial charge in [0, 0.05) is 17.7 Å². The number of benzene rings is 2. The standard InChI is InChI=1S/C15H14ClNO3/c1-2-11-5-3-4-6-15(11)20-10-12-7-8-13(17(18)19)9-14(12)16/h3-9H,2,10H2,1H3. The summed E-state index contributed by atoms with van der Waals surface area (Å²) in [5.41, 5.74) is 1.82. The van der Waals surface area contributed by atoms with E-state index in [-0.39, 0.29) is 12.3 Å². The minimum Gasteiger partial charge on any atom is -0.489 e. The first-order valence-electron chi connectivity index (χ1n) is 6.25. The number of hydrogen-bond donors (Lipinski definition) is 0. The summed E-state index contributed by atoms with van der Waals surface area (Å²) < 4.78 is 5.74. The second kappa shape index (κ2) is 6.39. The second-order valence-electron chi connectivity index (χ2n) is 4.28. The predicted octanol–water partition coefficient (Wildman–Crippen LogP) is 4.39. The van der Waals surface area contributed by atoms with Gasteiger partial charge in [-0.1, -0.05) is 36.7 Å². The molecule has 0 aliphatic carbocycles. The third-order valence-electron chi connectivity index (χ3n) is 2.98. The lowest BCUT2D eigenvalue weighted by Crippen LogP contribution is -1.99. The highest BCUT2D eigenvalue weighted by Gasteiger charge is 2.10. The van der Waals surface area contributed by atoms with Gasteiger partial charge < -0.3 is 4.74 Å². The summed E-state index contributed by atoms with van der Waals surface area (Å²) in [5, 5.41) is 11.0. The van der Waals surface area contributed by atoms with Gasteiger partial charge in [-0.05, 0) is 24.1 Å². The minimum atomic E-state index is -0.469. The van der Waals surface area contributed by atoms with E-state index < -0.39 is 4.92 Å². The van der Waals surface area contributed by atoms with Gasteiger partial charge in [0.1, 0.15) is 12.4 Å². The molecule has 20 heavy (non-hydrogen) atoms.